The maximum atomic E-state index is 13.1. The molecule has 0 atom stereocenters. The van der Waals surface area contributed by atoms with Gasteiger partial charge in [-0.3, -0.25) is 0 Å². The Hall–Kier alpha value is -1.00. The fourth-order valence-corrected chi connectivity index (χ4v) is 2.10. The number of nitrogens with zero attached hydrogens (tertiary/aromatic N) is 1. The number of halogens is 2. The largest absolute Gasteiger partial charge is 0.385 e. The van der Waals surface area contributed by atoms with Crippen molar-refractivity contribution >= 4 is 0 Å². The molecule has 0 saturated carbocycles. The summed E-state index contributed by atoms with van der Waals surface area (Å²) in [7, 11) is 1.96. The lowest BCUT2D eigenvalue weighted by Gasteiger charge is -2.36. The van der Waals surface area contributed by atoms with Crippen molar-refractivity contribution < 1.29 is 13.9 Å². The molecule has 1 N–H and O–H groups in total. The average Bonchev–Trinajstić information content (AvgIpc) is 2.21. The Labute approximate surface area is 93.5 Å². The Balaban J connectivity index is 2.28. The molecular formula is C12H15F2NO. The van der Waals surface area contributed by atoms with E-state index in [2.05, 4.69) is 4.90 Å². The SMILES string of the molecule is CN1CCC(O)(c2cc(F)cc(F)c2)CC1. The van der Waals surface area contributed by atoms with Crippen molar-refractivity contribution in [2.75, 3.05) is 20.1 Å². The van der Waals surface area contributed by atoms with Gasteiger partial charge in [0, 0.05) is 19.2 Å². The van der Waals surface area contributed by atoms with E-state index in [0.29, 0.717) is 18.4 Å². The minimum absolute atomic E-state index is 0.345. The van der Waals surface area contributed by atoms with Crippen LogP contribution >= 0.6 is 0 Å². The van der Waals surface area contributed by atoms with Gasteiger partial charge in [0.1, 0.15) is 11.6 Å². The highest BCUT2D eigenvalue weighted by molar-refractivity contribution is 5.25. The van der Waals surface area contributed by atoms with Crippen LogP contribution < -0.4 is 0 Å². The molecule has 1 saturated heterocycles. The smallest absolute Gasteiger partial charge is 0.126 e. The Morgan fingerprint density at radius 2 is 1.62 bits per heavy atom. The van der Waals surface area contributed by atoms with Gasteiger partial charge >= 0.3 is 0 Å². The molecule has 0 radical (unpaired) electrons. The van der Waals surface area contributed by atoms with Crippen LogP contribution in [0.3, 0.4) is 0 Å². The Morgan fingerprint density at radius 3 is 2.12 bits per heavy atom. The standard InChI is InChI=1S/C12H15F2NO/c1-15-4-2-12(16,3-5-15)9-6-10(13)8-11(14)7-9/h6-8,16H,2-5H2,1H3. The molecule has 16 heavy (non-hydrogen) atoms. The van der Waals surface area contributed by atoms with E-state index in [9.17, 15) is 13.9 Å². The summed E-state index contributed by atoms with van der Waals surface area (Å²) in [6.07, 6.45) is 1.01. The second kappa shape index (κ2) is 4.11. The lowest BCUT2D eigenvalue weighted by atomic mass is 9.84. The number of hydrogen-bond donors (Lipinski definition) is 1. The normalized spacial score (nSPS) is 21.0. The van der Waals surface area contributed by atoms with E-state index in [1.807, 2.05) is 7.05 Å². The first-order valence-corrected chi connectivity index (χ1v) is 5.37. The quantitative estimate of drug-likeness (QED) is 0.791. The second-order valence-electron chi connectivity index (χ2n) is 4.49. The van der Waals surface area contributed by atoms with Gasteiger partial charge in [0.25, 0.3) is 0 Å². The summed E-state index contributed by atoms with van der Waals surface area (Å²) in [4.78, 5) is 2.09. The minimum atomic E-state index is -1.09. The topological polar surface area (TPSA) is 23.5 Å². The number of piperidine rings is 1. The fraction of sp³-hybridized carbons (Fsp3) is 0.500. The van der Waals surface area contributed by atoms with Gasteiger partial charge in [0.2, 0.25) is 0 Å². The highest BCUT2D eigenvalue weighted by Crippen LogP contribution is 2.33. The molecule has 0 unspecified atom stereocenters. The third kappa shape index (κ3) is 2.23. The first-order valence-electron chi connectivity index (χ1n) is 5.37. The van der Waals surface area contributed by atoms with Crippen molar-refractivity contribution in [3.05, 3.63) is 35.4 Å². The first-order chi connectivity index (χ1) is 7.49. The Morgan fingerprint density at radius 1 is 1.12 bits per heavy atom. The lowest BCUT2D eigenvalue weighted by molar-refractivity contribution is -0.0207. The molecule has 0 aromatic heterocycles. The zero-order valence-electron chi connectivity index (χ0n) is 9.21. The van der Waals surface area contributed by atoms with Crippen molar-refractivity contribution in [2.45, 2.75) is 18.4 Å². The number of rotatable bonds is 1. The predicted octanol–water partition coefficient (Wildman–Crippen LogP) is 1.88. The summed E-state index contributed by atoms with van der Waals surface area (Å²) in [5.41, 5.74) is -0.742. The molecule has 2 rings (SSSR count). The zero-order chi connectivity index (χ0) is 11.8. The van der Waals surface area contributed by atoms with E-state index in [1.54, 1.807) is 0 Å². The molecule has 1 fully saturated rings. The van der Waals surface area contributed by atoms with E-state index in [0.717, 1.165) is 19.2 Å². The Kier molecular flexibility index (Phi) is 2.95. The van der Waals surface area contributed by atoms with E-state index in [4.69, 9.17) is 0 Å². The molecule has 4 heteroatoms. The fourth-order valence-electron chi connectivity index (χ4n) is 2.10. The summed E-state index contributed by atoms with van der Waals surface area (Å²) in [5.74, 6) is -1.27. The van der Waals surface area contributed by atoms with Crippen LogP contribution in [0, 0.1) is 11.6 Å². The maximum Gasteiger partial charge on any atom is 0.126 e. The number of benzene rings is 1. The third-order valence-electron chi connectivity index (χ3n) is 3.21. The highest BCUT2D eigenvalue weighted by Gasteiger charge is 2.33. The Bertz CT molecular complexity index is 366. The van der Waals surface area contributed by atoms with Gasteiger partial charge in [-0.1, -0.05) is 0 Å². The van der Waals surface area contributed by atoms with E-state index >= 15 is 0 Å². The molecule has 2 nitrogen and oxygen atoms in total. The van der Waals surface area contributed by atoms with Gasteiger partial charge in [-0.15, -0.1) is 0 Å². The molecule has 1 aliphatic heterocycles. The maximum absolute atomic E-state index is 13.1. The van der Waals surface area contributed by atoms with Crippen LogP contribution in [0.2, 0.25) is 0 Å². The van der Waals surface area contributed by atoms with Crippen LogP contribution in [-0.2, 0) is 5.60 Å². The van der Waals surface area contributed by atoms with Crippen molar-refractivity contribution in [1.29, 1.82) is 0 Å². The highest BCUT2D eigenvalue weighted by atomic mass is 19.1. The molecule has 1 aromatic rings. The second-order valence-corrected chi connectivity index (χ2v) is 4.49. The summed E-state index contributed by atoms with van der Waals surface area (Å²) in [6, 6.07) is 3.25. The van der Waals surface area contributed by atoms with Gasteiger partial charge in [-0.05, 0) is 37.6 Å². The van der Waals surface area contributed by atoms with Crippen molar-refractivity contribution in [2.24, 2.45) is 0 Å². The molecule has 0 bridgehead atoms. The van der Waals surface area contributed by atoms with Crippen molar-refractivity contribution in [1.82, 2.24) is 4.90 Å². The van der Waals surface area contributed by atoms with Crippen LogP contribution in [0.15, 0.2) is 18.2 Å². The van der Waals surface area contributed by atoms with Gasteiger partial charge < -0.3 is 10.0 Å². The van der Waals surface area contributed by atoms with E-state index in [1.165, 1.54) is 12.1 Å². The van der Waals surface area contributed by atoms with E-state index in [-0.39, 0.29) is 0 Å². The van der Waals surface area contributed by atoms with Crippen molar-refractivity contribution in [3.8, 4) is 0 Å². The number of aliphatic hydroxyl groups is 1. The minimum Gasteiger partial charge on any atom is -0.385 e. The van der Waals surface area contributed by atoms with Gasteiger partial charge in [-0.2, -0.15) is 0 Å². The summed E-state index contributed by atoms with van der Waals surface area (Å²) in [6.45, 7) is 1.46. The van der Waals surface area contributed by atoms with Gasteiger partial charge in [0.15, 0.2) is 0 Å². The monoisotopic (exact) mass is 227 g/mol. The average molecular weight is 227 g/mol. The number of hydrogen-bond acceptors (Lipinski definition) is 2. The van der Waals surface area contributed by atoms with Gasteiger partial charge in [0.05, 0.1) is 5.60 Å². The van der Waals surface area contributed by atoms with Crippen LogP contribution in [0.1, 0.15) is 18.4 Å². The molecule has 88 valence electrons. The zero-order valence-corrected chi connectivity index (χ0v) is 9.21. The molecule has 0 aliphatic carbocycles. The molecule has 1 heterocycles. The summed E-state index contributed by atoms with van der Waals surface area (Å²) in [5, 5.41) is 10.3. The van der Waals surface area contributed by atoms with E-state index < -0.39 is 17.2 Å². The van der Waals surface area contributed by atoms with Crippen LogP contribution in [0.25, 0.3) is 0 Å². The van der Waals surface area contributed by atoms with Crippen molar-refractivity contribution in [3.63, 3.8) is 0 Å². The molecular weight excluding hydrogens is 212 g/mol. The molecule has 0 amide bonds. The van der Waals surface area contributed by atoms with Crippen LogP contribution in [0.4, 0.5) is 8.78 Å². The molecule has 0 spiro atoms. The van der Waals surface area contributed by atoms with Crippen LogP contribution in [0.5, 0.6) is 0 Å². The molecule has 1 aliphatic rings. The van der Waals surface area contributed by atoms with Crippen LogP contribution in [-0.4, -0.2) is 30.1 Å². The van der Waals surface area contributed by atoms with Gasteiger partial charge in [-0.25, -0.2) is 8.78 Å². The summed E-state index contributed by atoms with van der Waals surface area (Å²) < 4.78 is 26.1. The summed E-state index contributed by atoms with van der Waals surface area (Å²) >= 11 is 0. The third-order valence-corrected chi connectivity index (χ3v) is 3.21. The first kappa shape index (κ1) is 11.5. The predicted molar refractivity (Wildman–Crippen MR) is 57.0 cm³/mol. The molecule has 1 aromatic carbocycles. The number of likely N-dealkylation sites (tertiary alicyclic amines) is 1. The lowest BCUT2D eigenvalue weighted by Crippen LogP contribution is -2.40.